The first-order valence-electron chi connectivity index (χ1n) is 10.00. The average Bonchev–Trinajstić information content (AvgIpc) is 2.78. The molecule has 0 saturated heterocycles. The molecule has 7 nitrogen and oxygen atoms in total. The van der Waals surface area contributed by atoms with Crippen LogP contribution >= 0.6 is 0 Å². The quantitative estimate of drug-likeness (QED) is 0.430. The Labute approximate surface area is 194 Å². The summed E-state index contributed by atoms with van der Waals surface area (Å²) in [7, 11) is -4.46. The van der Waals surface area contributed by atoms with Crippen LogP contribution in [0.4, 0.5) is 18.9 Å². The van der Waals surface area contributed by atoms with Gasteiger partial charge in [0.2, 0.25) is 10.0 Å². The lowest BCUT2D eigenvalue weighted by Gasteiger charge is -2.18. The summed E-state index contributed by atoms with van der Waals surface area (Å²) in [4.78, 5) is 11.7. The van der Waals surface area contributed by atoms with Gasteiger partial charge in [0.05, 0.1) is 23.4 Å². The number of anilines is 1. The second-order valence-electron chi connectivity index (χ2n) is 7.08. The fourth-order valence-electron chi connectivity index (χ4n) is 3.03. The summed E-state index contributed by atoms with van der Waals surface area (Å²) in [5.41, 5.74) is -0.274. The van der Waals surface area contributed by atoms with Crippen molar-refractivity contribution in [3.05, 3.63) is 83.4 Å². The summed E-state index contributed by atoms with van der Waals surface area (Å²) in [5, 5.41) is 8.33. The van der Waals surface area contributed by atoms with E-state index in [1.54, 1.807) is 31.2 Å². The number of carbonyl (C=O) groups is 1. The highest BCUT2D eigenvalue weighted by molar-refractivity contribution is 7.89. The minimum Gasteiger partial charge on any atom is -0.462 e. The molecule has 0 radical (unpaired) electrons. The first-order valence-corrected chi connectivity index (χ1v) is 11.5. The van der Waals surface area contributed by atoms with Gasteiger partial charge in [-0.1, -0.05) is 36.4 Å². The van der Waals surface area contributed by atoms with Gasteiger partial charge in [-0.2, -0.15) is 13.2 Å². The van der Waals surface area contributed by atoms with Gasteiger partial charge in [0, 0.05) is 6.54 Å². The first-order chi connectivity index (χ1) is 16.0. The standard InChI is InChI=1S/C23H21F3N2O5S/c1-2-32-22(29)16-11-19(28-14-15-7-4-3-5-8-15)21(20(12-16)34(27,30)31)33-18-10-6-9-17(13-18)23(24,25)26/h3-13,28H,2,14H2,1H3,(H2,27,30,31). The molecule has 3 N–H and O–H groups in total. The van der Waals surface area contributed by atoms with Crippen LogP contribution in [0.1, 0.15) is 28.4 Å². The largest absolute Gasteiger partial charge is 0.462 e. The van der Waals surface area contributed by atoms with Gasteiger partial charge in [0.1, 0.15) is 10.6 Å². The Morgan fingerprint density at radius 3 is 2.35 bits per heavy atom. The van der Waals surface area contributed by atoms with Crippen LogP contribution < -0.4 is 15.2 Å². The number of hydrogen-bond acceptors (Lipinski definition) is 6. The molecule has 0 bridgehead atoms. The van der Waals surface area contributed by atoms with Gasteiger partial charge in [0.15, 0.2) is 5.75 Å². The number of benzene rings is 3. The van der Waals surface area contributed by atoms with Crippen molar-refractivity contribution in [2.24, 2.45) is 5.14 Å². The summed E-state index contributed by atoms with van der Waals surface area (Å²) < 4.78 is 74.7. The van der Waals surface area contributed by atoms with E-state index in [9.17, 15) is 26.4 Å². The van der Waals surface area contributed by atoms with Crippen LogP contribution in [0.3, 0.4) is 0 Å². The third-order valence-corrected chi connectivity index (χ3v) is 5.50. The lowest BCUT2D eigenvalue weighted by molar-refractivity contribution is -0.137. The fraction of sp³-hybridized carbons (Fsp3) is 0.174. The van der Waals surface area contributed by atoms with Crippen LogP contribution in [0.15, 0.2) is 71.6 Å². The molecule has 0 atom stereocenters. The van der Waals surface area contributed by atoms with Gasteiger partial charge in [0.25, 0.3) is 0 Å². The lowest BCUT2D eigenvalue weighted by atomic mass is 10.1. The third kappa shape index (κ3) is 6.27. The molecular weight excluding hydrogens is 473 g/mol. The van der Waals surface area contributed by atoms with Crippen molar-refractivity contribution in [1.29, 1.82) is 0 Å². The Balaban J connectivity index is 2.13. The Hall–Kier alpha value is -3.57. The fourth-order valence-corrected chi connectivity index (χ4v) is 3.73. The smallest absolute Gasteiger partial charge is 0.416 e. The summed E-state index contributed by atoms with van der Waals surface area (Å²) >= 11 is 0. The van der Waals surface area contributed by atoms with E-state index in [4.69, 9.17) is 14.6 Å². The van der Waals surface area contributed by atoms with E-state index in [1.165, 1.54) is 12.1 Å². The van der Waals surface area contributed by atoms with Gasteiger partial charge in [-0.25, -0.2) is 18.4 Å². The number of primary sulfonamides is 1. The first kappa shape index (κ1) is 25.1. The Kier molecular flexibility index (Phi) is 7.48. The average molecular weight is 494 g/mol. The van der Waals surface area contributed by atoms with E-state index in [2.05, 4.69) is 5.32 Å². The number of rotatable bonds is 8. The van der Waals surface area contributed by atoms with Crippen molar-refractivity contribution in [2.45, 2.75) is 24.5 Å². The van der Waals surface area contributed by atoms with Gasteiger partial charge < -0.3 is 14.8 Å². The van der Waals surface area contributed by atoms with E-state index in [0.29, 0.717) is 0 Å². The number of esters is 1. The van der Waals surface area contributed by atoms with E-state index in [0.717, 1.165) is 29.8 Å². The molecule has 0 aliphatic heterocycles. The van der Waals surface area contributed by atoms with E-state index < -0.39 is 32.6 Å². The predicted molar refractivity (Wildman–Crippen MR) is 119 cm³/mol. The van der Waals surface area contributed by atoms with E-state index >= 15 is 0 Å². The van der Waals surface area contributed by atoms with Gasteiger partial charge in [-0.3, -0.25) is 0 Å². The highest BCUT2D eigenvalue weighted by atomic mass is 32.2. The van der Waals surface area contributed by atoms with Gasteiger partial charge in [-0.05, 0) is 42.8 Å². The number of hydrogen-bond donors (Lipinski definition) is 2. The molecule has 11 heteroatoms. The zero-order valence-electron chi connectivity index (χ0n) is 17.9. The number of halogens is 3. The maximum atomic E-state index is 13.1. The molecule has 0 fully saturated rings. The lowest BCUT2D eigenvalue weighted by Crippen LogP contribution is -2.16. The number of nitrogens with two attached hydrogens (primary N) is 1. The second-order valence-corrected chi connectivity index (χ2v) is 8.61. The molecule has 0 amide bonds. The number of carbonyl (C=O) groups excluding carboxylic acids is 1. The number of nitrogens with one attached hydrogen (secondary N) is 1. The molecule has 3 aromatic carbocycles. The van der Waals surface area contributed by atoms with Crippen molar-refractivity contribution in [3.8, 4) is 11.5 Å². The Bertz CT molecular complexity index is 1280. The molecule has 0 aliphatic rings. The second kappa shape index (κ2) is 10.1. The van der Waals surface area contributed by atoms with Crippen LogP contribution in [-0.2, 0) is 27.5 Å². The summed E-state index contributed by atoms with van der Waals surface area (Å²) in [5.74, 6) is -1.43. The summed E-state index contributed by atoms with van der Waals surface area (Å²) in [6, 6.07) is 15.2. The van der Waals surface area contributed by atoms with Crippen LogP contribution in [0.2, 0.25) is 0 Å². The minimum atomic E-state index is -4.63. The Morgan fingerprint density at radius 1 is 1.03 bits per heavy atom. The van der Waals surface area contributed by atoms with Crippen LogP contribution in [-0.4, -0.2) is 21.0 Å². The maximum absolute atomic E-state index is 13.1. The van der Waals surface area contributed by atoms with E-state index in [1.807, 2.05) is 6.07 Å². The van der Waals surface area contributed by atoms with Gasteiger partial charge >= 0.3 is 12.1 Å². The minimum absolute atomic E-state index is 0.0239. The molecule has 0 heterocycles. The number of ether oxygens (including phenoxy) is 2. The predicted octanol–water partition coefficient (Wildman–Crippen LogP) is 4.93. The maximum Gasteiger partial charge on any atom is 0.416 e. The molecule has 0 spiro atoms. The topological polar surface area (TPSA) is 108 Å². The summed E-state index contributed by atoms with van der Waals surface area (Å²) in [6.07, 6.45) is -4.63. The molecule has 0 aliphatic carbocycles. The molecule has 180 valence electrons. The molecule has 0 unspecified atom stereocenters. The van der Waals surface area contributed by atoms with Crippen LogP contribution in [0.5, 0.6) is 11.5 Å². The molecule has 0 saturated carbocycles. The molecule has 3 aromatic rings. The molecular formula is C23H21F3N2O5S. The van der Waals surface area contributed by atoms with Crippen molar-refractivity contribution in [3.63, 3.8) is 0 Å². The molecule has 3 rings (SSSR count). The van der Waals surface area contributed by atoms with Crippen LogP contribution in [0.25, 0.3) is 0 Å². The highest BCUT2D eigenvalue weighted by Gasteiger charge is 2.31. The third-order valence-electron chi connectivity index (χ3n) is 4.58. The normalized spacial score (nSPS) is 11.7. The van der Waals surface area contributed by atoms with E-state index in [-0.39, 0.29) is 35.9 Å². The highest BCUT2D eigenvalue weighted by Crippen LogP contribution is 2.39. The molecule has 34 heavy (non-hydrogen) atoms. The summed E-state index contributed by atoms with van der Waals surface area (Å²) in [6.45, 7) is 1.81. The van der Waals surface area contributed by atoms with Gasteiger partial charge in [-0.15, -0.1) is 0 Å². The van der Waals surface area contributed by atoms with Crippen molar-refractivity contribution < 1.29 is 35.9 Å². The SMILES string of the molecule is CCOC(=O)c1cc(NCc2ccccc2)c(Oc2cccc(C(F)(F)F)c2)c(S(N)(=O)=O)c1. The monoisotopic (exact) mass is 494 g/mol. The Morgan fingerprint density at radius 2 is 1.74 bits per heavy atom. The molecule has 0 aromatic heterocycles. The zero-order chi connectivity index (χ0) is 24.9. The van der Waals surface area contributed by atoms with Crippen molar-refractivity contribution in [2.75, 3.05) is 11.9 Å². The number of sulfonamides is 1. The van der Waals surface area contributed by atoms with Crippen molar-refractivity contribution in [1.82, 2.24) is 0 Å². The van der Waals surface area contributed by atoms with Crippen LogP contribution in [0, 0.1) is 0 Å². The zero-order valence-corrected chi connectivity index (χ0v) is 18.7. The number of alkyl halides is 3. The van der Waals surface area contributed by atoms with Crippen molar-refractivity contribution >= 4 is 21.7 Å².